The molecule has 3 aromatic rings. The van der Waals surface area contributed by atoms with E-state index in [0.29, 0.717) is 36.6 Å². The first kappa shape index (κ1) is 22.3. The van der Waals surface area contributed by atoms with Gasteiger partial charge in [-0.2, -0.15) is 9.61 Å². The maximum atomic E-state index is 13.6. The summed E-state index contributed by atoms with van der Waals surface area (Å²) in [5.41, 5.74) is 0.543. The minimum atomic E-state index is -1.04. The van der Waals surface area contributed by atoms with Crippen LogP contribution in [0.1, 0.15) is 54.9 Å². The molecule has 5 rings (SSSR count). The summed E-state index contributed by atoms with van der Waals surface area (Å²) in [5.74, 6) is 0.456. The fraction of sp³-hybridized carbons (Fsp3) is 0.478. The number of aliphatic hydroxyl groups is 1. The number of carbonyl (C=O) groups is 1. The van der Waals surface area contributed by atoms with Crippen molar-refractivity contribution in [3.05, 3.63) is 46.5 Å². The third-order valence-electron chi connectivity index (χ3n) is 6.77. The number of nitrogens with zero attached hydrogens (tertiary/aromatic N) is 4. The molecule has 2 saturated carbocycles. The van der Waals surface area contributed by atoms with Crippen molar-refractivity contribution in [3.8, 4) is 0 Å². The molecular weight excluding hydrogens is 441 g/mol. The van der Waals surface area contributed by atoms with Gasteiger partial charge < -0.3 is 25.6 Å². The largest absolute Gasteiger partial charge is 0.391 e. The third-order valence-corrected chi connectivity index (χ3v) is 6.77. The molecule has 180 valence electrons. The monoisotopic (exact) mass is 469 g/mol. The van der Waals surface area contributed by atoms with E-state index in [-0.39, 0.29) is 22.8 Å². The maximum absolute atomic E-state index is 13.6. The number of pyridine rings is 1. The lowest BCUT2D eigenvalue weighted by Gasteiger charge is -2.30. The molecule has 1 amide bonds. The third kappa shape index (κ3) is 4.00. The summed E-state index contributed by atoms with van der Waals surface area (Å²) < 4.78 is 16.7. The number of aromatic nitrogens is 4. The molecule has 0 saturated heterocycles. The second-order valence-electron chi connectivity index (χ2n) is 8.92. The first-order valence-corrected chi connectivity index (χ1v) is 11.6. The molecule has 10 nitrogen and oxygen atoms in total. The van der Waals surface area contributed by atoms with Crippen molar-refractivity contribution in [2.45, 2.75) is 62.9 Å². The van der Waals surface area contributed by atoms with E-state index in [1.165, 1.54) is 10.7 Å². The number of halogens is 1. The molecule has 0 aromatic carbocycles. The number of hydrogen-bond donors (Lipinski definition) is 4. The van der Waals surface area contributed by atoms with Crippen molar-refractivity contribution < 1.29 is 14.3 Å². The van der Waals surface area contributed by atoms with E-state index in [2.05, 4.69) is 26.0 Å². The number of nitrogens with one attached hydrogen (secondary N) is 3. The van der Waals surface area contributed by atoms with Crippen LogP contribution < -0.4 is 21.5 Å². The number of aliphatic hydroxyl groups excluding tert-OH is 1. The van der Waals surface area contributed by atoms with Crippen molar-refractivity contribution in [3.63, 3.8) is 0 Å². The van der Waals surface area contributed by atoms with E-state index >= 15 is 0 Å². The van der Waals surface area contributed by atoms with Crippen LogP contribution in [-0.2, 0) is 0 Å². The van der Waals surface area contributed by atoms with E-state index in [1.807, 2.05) is 0 Å². The Hall–Kier alpha value is -3.47. The molecule has 2 aliphatic carbocycles. The molecule has 3 aromatic heterocycles. The molecule has 0 spiro atoms. The van der Waals surface area contributed by atoms with E-state index in [9.17, 15) is 19.1 Å². The normalized spacial score (nSPS) is 24.4. The second kappa shape index (κ2) is 9.05. The Morgan fingerprint density at radius 1 is 1.24 bits per heavy atom. The molecule has 2 aliphatic rings. The van der Waals surface area contributed by atoms with Crippen LogP contribution in [-0.4, -0.2) is 55.5 Å². The summed E-state index contributed by atoms with van der Waals surface area (Å²) in [6, 6.07) is 4.33. The van der Waals surface area contributed by atoms with Crippen molar-refractivity contribution in [1.82, 2.24) is 24.5 Å². The lowest BCUT2D eigenvalue weighted by molar-refractivity contribution is 0.0739. The molecule has 4 N–H and O–H groups in total. The molecule has 0 bridgehead atoms. The average Bonchev–Trinajstić information content (AvgIpc) is 3.27. The first-order valence-electron chi connectivity index (χ1n) is 11.6. The van der Waals surface area contributed by atoms with E-state index in [1.54, 1.807) is 36.0 Å². The zero-order valence-electron chi connectivity index (χ0n) is 18.9. The van der Waals surface area contributed by atoms with Crippen LogP contribution in [0.3, 0.4) is 0 Å². The predicted octanol–water partition coefficient (Wildman–Crippen LogP) is 2.38. The smallest absolute Gasteiger partial charge is 0.274 e. The molecule has 0 aliphatic heterocycles. The van der Waals surface area contributed by atoms with Crippen molar-refractivity contribution in [1.29, 1.82) is 0 Å². The van der Waals surface area contributed by atoms with Crippen LogP contribution in [0.2, 0.25) is 0 Å². The van der Waals surface area contributed by atoms with Crippen LogP contribution >= 0.6 is 0 Å². The average molecular weight is 470 g/mol. The number of fused-ring (bicyclic) bond motifs is 1. The summed E-state index contributed by atoms with van der Waals surface area (Å²) in [6.45, 7) is 0. The number of carbonyl (C=O) groups excluding carboxylic acids is 1. The van der Waals surface area contributed by atoms with E-state index in [4.69, 9.17) is 0 Å². The number of hydrogen-bond acceptors (Lipinski definition) is 7. The molecule has 0 radical (unpaired) electrons. The number of anilines is 3. The minimum Gasteiger partial charge on any atom is -0.391 e. The summed E-state index contributed by atoms with van der Waals surface area (Å²) in [5, 5.41) is 23.4. The quantitative estimate of drug-likeness (QED) is 0.437. The van der Waals surface area contributed by atoms with Gasteiger partial charge in [-0.25, -0.2) is 9.37 Å². The van der Waals surface area contributed by atoms with Gasteiger partial charge in [0.25, 0.3) is 11.5 Å². The van der Waals surface area contributed by atoms with Gasteiger partial charge in [0, 0.05) is 19.3 Å². The van der Waals surface area contributed by atoms with Gasteiger partial charge in [-0.05, 0) is 37.8 Å². The molecule has 3 heterocycles. The second-order valence-corrected chi connectivity index (χ2v) is 8.92. The van der Waals surface area contributed by atoms with Gasteiger partial charge in [-0.3, -0.25) is 9.59 Å². The summed E-state index contributed by atoms with van der Waals surface area (Å²) in [7, 11) is 1.71. The lowest BCUT2D eigenvalue weighted by atomic mass is 9.90. The van der Waals surface area contributed by atoms with Crippen molar-refractivity contribution in [2.75, 3.05) is 17.7 Å². The molecule has 34 heavy (non-hydrogen) atoms. The molecule has 4 atom stereocenters. The lowest BCUT2D eigenvalue weighted by Crippen LogP contribution is -2.48. The number of alkyl halides is 1. The number of amides is 1. The predicted molar refractivity (Wildman–Crippen MR) is 125 cm³/mol. The zero-order valence-corrected chi connectivity index (χ0v) is 18.9. The minimum absolute atomic E-state index is 0.218. The van der Waals surface area contributed by atoms with Crippen LogP contribution in [0.5, 0.6) is 0 Å². The van der Waals surface area contributed by atoms with Crippen molar-refractivity contribution >= 4 is 28.9 Å². The Morgan fingerprint density at radius 2 is 2.06 bits per heavy atom. The fourth-order valence-electron chi connectivity index (χ4n) is 4.65. The molecule has 11 heteroatoms. The van der Waals surface area contributed by atoms with Gasteiger partial charge in [-0.1, -0.05) is 12.8 Å². The van der Waals surface area contributed by atoms with Crippen LogP contribution in [0.25, 0.3) is 5.65 Å². The highest BCUT2D eigenvalue weighted by Gasteiger charge is 2.33. The van der Waals surface area contributed by atoms with E-state index < -0.39 is 24.2 Å². The Balaban J connectivity index is 1.47. The highest BCUT2D eigenvalue weighted by molar-refractivity contribution is 6.00. The molecular formula is C23H28FN7O3. The topological polar surface area (TPSA) is 126 Å². The molecule has 1 unspecified atom stereocenters. The van der Waals surface area contributed by atoms with Crippen LogP contribution in [0.4, 0.5) is 21.7 Å². The Morgan fingerprint density at radius 3 is 2.76 bits per heavy atom. The van der Waals surface area contributed by atoms with Gasteiger partial charge in [0.05, 0.1) is 24.4 Å². The van der Waals surface area contributed by atoms with Crippen molar-refractivity contribution in [2.24, 2.45) is 0 Å². The SMILES string of the molecule is CNc1cc(Nc2cccn([C@@H]3CCCC[C@@H]3O)c2=O)nc2c(C(=O)NC3CC[C@H]3F)cnn12. The Labute approximate surface area is 195 Å². The standard InChI is InChI=1S/C23H28FN7O3/c1-25-20-11-19(27-16-5-4-10-30(23(16)34)17-6-2-3-7-18(17)32)29-21-13(12-26-31(20)21)22(33)28-15-9-8-14(15)24/h4-5,10-12,14-15,17-18,25,32H,2-3,6-9H2,1H3,(H,27,29)(H,28,33)/t14-,15?,17-,18+/m1/s1. The first-order chi connectivity index (χ1) is 16.5. The van der Waals surface area contributed by atoms with Gasteiger partial charge in [0.15, 0.2) is 5.65 Å². The van der Waals surface area contributed by atoms with E-state index in [0.717, 1.165) is 19.3 Å². The highest BCUT2D eigenvalue weighted by atomic mass is 19.1. The summed E-state index contributed by atoms with van der Waals surface area (Å²) >= 11 is 0. The van der Waals surface area contributed by atoms with Gasteiger partial charge in [0.2, 0.25) is 0 Å². The maximum Gasteiger partial charge on any atom is 0.274 e. The van der Waals surface area contributed by atoms with Crippen LogP contribution in [0, 0.1) is 0 Å². The van der Waals surface area contributed by atoms with Gasteiger partial charge in [0.1, 0.15) is 29.1 Å². The Bertz CT molecular complexity index is 1270. The fourth-order valence-corrected chi connectivity index (χ4v) is 4.65. The Kier molecular flexibility index (Phi) is 5.94. The van der Waals surface area contributed by atoms with Gasteiger partial charge >= 0.3 is 0 Å². The summed E-state index contributed by atoms with van der Waals surface area (Å²) in [6.07, 6.45) is 5.88. The highest BCUT2D eigenvalue weighted by Crippen LogP contribution is 2.28. The zero-order chi connectivity index (χ0) is 23.8. The molecule has 2 fully saturated rings. The summed E-state index contributed by atoms with van der Waals surface area (Å²) in [4.78, 5) is 30.5. The van der Waals surface area contributed by atoms with Crippen LogP contribution in [0.15, 0.2) is 35.4 Å². The number of rotatable bonds is 6. The van der Waals surface area contributed by atoms with Gasteiger partial charge in [-0.15, -0.1) is 0 Å².